The predicted molar refractivity (Wildman–Crippen MR) is 50.6 cm³/mol. The molecule has 0 saturated carbocycles. The third-order valence-corrected chi connectivity index (χ3v) is 2.44. The van der Waals surface area contributed by atoms with Crippen molar-refractivity contribution in [1.29, 1.82) is 0 Å². The molecule has 1 aromatic heterocycles. The summed E-state index contributed by atoms with van der Waals surface area (Å²) in [7, 11) is 0. The molecule has 0 aromatic carbocycles. The molecule has 14 heavy (non-hydrogen) atoms. The largest absolute Gasteiger partial charge is 0.481 e. The first-order valence-corrected chi connectivity index (χ1v) is 4.60. The molecule has 0 aliphatic carbocycles. The summed E-state index contributed by atoms with van der Waals surface area (Å²) >= 11 is 0. The number of hydrogen-bond acceptors (Lipinski definition) is 3. The highest BCUT2D eigenvalue weighted by Crippen LogP contribution is 2.17. The van der Waals surface area contributed by atoms with Gasteiger partial charge >= 0.3 is 5.97 Å². The van der Waals surface area contributed by atoms with E-state index in [-0.39, 0.29) is 5.92 Å². The van der Waals surface area contributed by atoms with Crippen LogP contribution in [0, 0.1) is 5.92 Å². The average molecular weight is 192 g/mol. The SMILES string of the molecule is O=C(O)C1CN(Cc2cccnc2)C1. The van der Waals surface area contributed by atoms with Crippen molar-refractivity contribution in [3.63, 3.8) is 0 Å². The van der Waals surface area contributed by atoms with Crippen LogP contribution in [0.5, 0.6) is 0 Å². The van der Waals surface area contributed by atoms with Gasteiger partial charge in [0.25, 0.3) is 0 Å². The van der Waals surface area contributed by atoms with Gasteiger partial charge in [-0.25, -0.2) is 0 Å². The maximum absolute atomic E-state index is 10.5. The summed E-state index contributed by atoms with van der Waals surface area (Å²) in [6.45, 7) is 2.12. The lowest BCUT2D eigenvalue weighted by atomic mass is 10.00. The van der Waals surface area contributed by atoms with Gasteiger partial charge in [0.15, 0.2) is 0 Å². The summed E-state index contributed by atoms with van der Waals surface area (Å²) in [5, 5.41) is 8.68. The van der Waals surface area contributed by atoms with Crippen LogP contribution in [0.3, 0.4) is 0 Å². The van der Waals surface area contributed by atoms with Crippen LogP contribution in [-0.2, 0) is 11.3 Å². The molecule has 1 N–H and O–H groups in total. The lowest BCUT2D eigenvalue weighted by Gasteiger charge is -2.36. The smallest absolute Gasteiger partial charge is 0.309 e. The number of nitrogens with zero attached hydrogens (tertiary/aromatic N) is 2. The van der Waals surface area contributed by atoms with E-state index in [1.54, 1.807) is 6.20 Å². The zero-order valence-corrected chi connectivity index (χ0v) is 7.76. The maximum atomic E-state index is 10.5. The first-order chi connectivity index (χ1) is 6.75. The summed E-state index contributed by atoms with van der Waals surface area (Å²) in [5.74, 6) is -0.862. The lowest BCUT2D eigenvalue weighted by Crippen LogP contribution is -2.49. The number of carbonyl (C=O) groups is 1. The number of likely N-dealkylation sites (tertiary alicyclic amines) is 1. The number of pyridine rings is 1. The van der Waals surface area contributed by atoms with Crippen LogP contribution < -0.4 is 0 Å². The first-order valence-electron chi connectivity index (χ1n) is 4.60. The van der Waals surface area contributed by atoms with Crippen LogP contribution in [0.15, 0.2) is 24.5 Å². The number of rotatable bonds is 3. The topological polar surface area (TPSA) is 53.4 Å². The van der Waals surface area contributed by atoms with E-state index in [1.165, 1.54) is 0 Å². The number of aromatic nitrogens is 1. The molecule has 4 heteroatoms. The molecule has 0 unspecified atom stereocenters. The van der Waals surface area contributed by atoms with E-state index in [4.69, 9.17) is 5.11 Å². The van der Waals surface area contributed by atoms with Crippen LogP contribution in [0.4, 0.5) is 0 Å². The van der Waals surface area contributed by atoms with Gasteiger partial charge in [0.2, 0.25) is 0 Å². The quantitative estimate of drug-likeness (QED) is 0.761. The van der Waals surface area contributed by atoms with E-state index in [2.05, 4.69) is 9.88 Å². The average Bonchev–Trinajstić information content (AvgIpc) is 2.12. The van der Waals surface area contributed by atoms with Crippen molar-refractivity contribution in [1.82, 2.24) is 9.88 Å². The molecule has 0 bridgehead atoms. The standard InChI is InChI=1S/C10H12N2O2/c13-10(14)9-6-12(7-9)5-8-2-1-3-11-4-8/h1-4,9H,5-7H2,(H,13,14). The Morgan fingerprint density at radius 1 is 1.64 bits per heavy atom. The zero-order valence-electron chi connectivity index (χ0n) is 7.76. The summed E-state index contributed by atoms with van der Waals surface area (Å²) in [5.41, 5.74) is 1.14. The fourth-order valence-corrected chi connectivity index (χ4v) is 1.61. The molecule has 0 atom stereocenters. The maximum Gasteiger partial charge on any atom is 0.309 e. The van der Waals surface area contributed by atoms with E-state index < -0.39 is 5.97 Å². The lowest BCUT2D eigenvalue weighted by molar-refractivity contribution is -0.147. The van der Waals surface area contributed by atoms with Crippen LogP contribution in [0.2, 0.25) is 0 Å². The fraction of sp³-hybridized carbons (Fsp3) is 0.400. The molecular weight excluding hydrogens is 180 g/mol. The molecule has 1 aliphatic heterocycles. The van der Waals surface area contributed by atoms with E-state index >= 15 is 0 Å². The summed E-state index contributed by atoms with van der Waals surface area (Å²) in [4.78, 5) is 16.7. The van der Waals surface area contributed by atoms with Crippen molar-refractivity contribution in [2.24, 2.45) is 5.92 Å². The molecule has 0 spiro atoms. The van der Waals surface area contributed by atoms with Gasteiger partial charge in [0.1, 0.15) is 0 Å². The molecule has 4 nitrogen and oxygen atoms in total. The molecule has 0 amide bonds. The second kappa shape index (κ2) is 3.75. The minimum absolute atomic E-state index is 0.174. The number of aliphatic carboxylic acids is 1. The zero-order chi connectivity index (χ0) is 9.97. The minimum Gasteiger partial charge on any atom is -0.481 e. The van der Waals surface area contributed by atoms with Crippen LogP contribution in [0.1, 0.15) is 5.56 Å². The second-order valence-electron chi connectivity index (χ2n) is 3.59. The van der Waals surface area contributed by atoms with Crippen molar-refractivity contribution in [3.05, 3.63) is 30.1 Å². The van der Waals surface area contributed by atoms with Gasteiger partial charge in [-0.3, -0.25) is 14.7 Å². The number of carboxylic acids is 1. The first kappa shape index (κ1) is 9.15. The van der Waals surface area contributed by atoms with Crippen LogP contribution >= 0.6 is 0 Å². The van der Waals surface area contributed by atoms with Crippen molar-refractivity contribution in [2.45, 2.75) is 6.54 Å². The Bertz CT molecular complexity index is 320. The van der Waals surface area contributed by atoms with Gasteiger partial charge in [0.05, 0.1) is 5.92 Å². The van der Waals surface area contributed by atoms with Gasteiger partial charge in [-0.2, -0.15) is 0 Å². The molecular formula is C10H12N2O2. The third-order valence-electron chi connectivity index (χ3n) is 2.44. The number of carboxylic acid groups (broad SMARTS) is 1. The summed E-state index contributed by atoms with van der Waals surface area (Å²) in [6.07, 6.45) is 3.55. The highest BCUT2D eigenvalue weighted by Gasteiger charge is 2.31. The Labute approximate surface area is 82.2 Å². The van der Waals surface area contributed by atoms with Gasteiger partial charge in [0, 0.05) is 32.0 Å². The van der Waals surface area contributed by atoms with Crippen molar-refractivity contribution in [2.75, 3.05) is 13.1 Å². The highest BCUT2D eigenvalue weighted by atomic mass is 16.4. The molecule has 1 aliphatic rings. The van der Waals surface area contributed by atoms with Crippen molar-refractivity contribution >= 4 is 5.97 Å². The van der Waals surface area contributed by atoms with Gasteiger partial charge in [-0.15, -0.1) is 0 Å². The van der Waals surface area contributed by atoms with Crippen LogP contribution in [-0.4, -0.2) is 34.0 Å². The van der Waals surface area contributed by atoms with Gasteiger partial charge in [-0.1, -0.05) is 6.07 Å². The van der Waals surface area contributed by atoms with E-state index in [9.17, 15) is 4.79 Å². The highest BCUT2D eigenvalue weighted by molar-refractivity contribution is 5.71. The molecule has 1 aromatic rings. The molecule has 1 fully saturated rings. The Hall–Kier alpha value is -1.42. The monoisotopic (exact) mass is 192 g/mol. The second-order valence-corrected chi connectivity index (χ2v) is 3.59. The van der Waals surface area contributed by atoms with Gasteiger partial charge in [-0.05, 0) is 11.6 Å². The van der Waals surface area contributed by atoms with E-state index in [0.717, 1.165) is 12.1 Å². The Morgan fingerprint density at radius 2 is 2.43 bits per heavy atom. The third kappa shape index (κ3) is 1.90. The predicted octanol–water partition coefficient (Wildman–Crippen LogP) is 0.598. The molecule has 0 radical (unpaired) electrons. The van der Waals surface area contributed by atoms with E-state index in [1.807, 2.05) is 18.3 Å². The minimum atomic E-state index is -0.688. The Balaban J connectivity index is 1.82. The van der Waals surface area contributed by atoms with Crippen molar-refractivity contribution in [3.8, 4) is 0 Å². The van der Waals surface area contributed by atoms with E-state index in [0.29, 0.717) is 13.1 Å². The summed E-state index contributed by atoms with van der Waals surface area (Å²) in [6, 6.07) is 3.89. The summed E-state index contributed by atoms with van der Waals surface area (Å²) < 4.78 is 0. The Morgan fingerprint density at radius 3 is 3.00 bits per heavy atom. The molecule has 74 valence electrons. The van der Waals surface area contributed by atoms with Gasteiger partial charge < -0.3 is 5.11 Å². The molecule has 1 saturated heterocycles. The normalized spacial score (nSPS) is 17.7. The van der Waals surface area contributed by atoms with Crippen LogP contribution in [0.25, 0.3) is 0 Å². The molecule has 2 heterocycles. The fourth-order valence-electron chi connectivity index (χ4n) is 1.61. The Kier molecular flexibility index (Phi) is 2.45. The van der Waals surface area contributed by atoms with Crippen molar-refractivity contribution < 1.29 is 9.90 Å². The molecule has 2 rings (SSSR count). The number of hydrogen-bond donors (Lipinski definition) is 1.